The molecule has 0 saturated carbocycles. The van der Waals surface area contributed by atoms with Crippen LogP contribution in [0.1, 0.15) is 18.9 Å². The Morgan fingerprint density at radius 1 is 1.53 bits per heavy atom. The molecule has 0 atom stereocenters. The molecule has 0 amide bonds. The van der Waals surface area contributed by atoms with E-state index in [4.69, 9.17) is 27.9 Å². The molecule has 1 aromatic rings. The highest BCUT2D eigenvalue weighted by Crippen LogP contribution is 2.24. The predicted octanol–water partition coefficient (Wildman–Crippen LogP) is 1.83. The standard InChI is InChI=1S/C12H18ClN3O/c1-2-16(6-3-7-17)11-8-9(13)4-5-10(11)12(14)15/h4-5,8,17H,2-3,6-7H2,1H3,(H3,14,15). The third-order valence-electron chi connectivity index (χ3n) is 2.56. The SMILES string of the molecule is CCN(CCCO)c1cc(Cl)ccc1C(=N)N. The van der Waals surface area contributed by atoms with Crippen molar-refractivity contribution in [1.29, 1.82) is 5.41 Å². The molecule has 0 aliphatic heterocycles. The van der Waals surface area contributed by atoms with Gasteiger partial charge in [-0.3, -0.25) is 5.41 Å². The minimum atomic E-state index is 0.0270. The van der Waals surface area contributed by atoms with Crippen molar-refractivity contribution in [2.24, 2.45) is 5.73 Å². The van der Waals surface area contributed by atoms with Gasteiger partial charge in [-0.1, -0.05) is 11.6 Å². The molecular formula is C12H18ClN3O. The highest BCUT2D eigenvalue weighted by molar-refractivity contribution is 6.31. The zero-order valence-corrected chi connectivity index (χ0v) is 10.7. The normalized spacial score (nSPS) is 10.3. The molecule has 0 spiro atoms. The Balaban J connectivity index is 3.06. The van der Waals surface area contributed by atoms with E-state index in [1.807, 2.05) is 6.92 Å². The third kappa shape index (κ3) is 3.61. The molecule has 0 aromatic heterocycles. The van der Waals surface area contributed by atoms with Crippen molar-refractivity contribution < 1.29 is 5.11 Å². The summed E-state index contributed by atoms with van der Waals surface area (Å²) in [6, 6.07) is 5.28. The number of halogens is 1. The minimum Gasteiger partial charge on any atom is -0.396 e. The van der Waals surface area contributed by atoms with E-state index >= 15 is 0 Å². The lowest BCUT2D eigenvalue weighted by molar-refractivity contribution is 0.289. The molecule has 0 heterocycles. The monoisotopic (exact) mass is 255 g/mol. The summed E-state index contributed by atoms with van der Waals surface area (Å²) >= 11 is 5.97. The van der Waals surface area contributed by atoms with Crippen molar-refractivity contribution >= 4 is 23.1 Å². The zero-order valence-electron chi connectivity index (χ0n) is 9.91. The van der Waals surface area contributed by atoms with Gasteiger partial charge in [-0.25, -0.2) is 0 Å². The van der Waals surface area contributed by atoms with Crippen LogP contribution < -0.4 is 10.6 Å². The van der Waals surface area contributed by atoms with Crippen molar-refractivity contribution in [3.63, 3.8) is 0 Å². The van der Waals surface area contributed by atoms with Crippen LogP contribution in [0.5, 0.6) is 0 Å². The lowest BCUT2D eigenvalue weighted by Crippen LogP contribution is -2.27. The van der Waals surface area contributed by atoms with Crippen LogP contribution in [0, 0.1) is 5.41 Å². The molecule has 4 N–H and O–H groups in total. The zero-order chi connectivity index (χ0) is 12.8. The van der Waals surface area contributed by atoms with Crippen LogP contribution in [0.2, 0.25) is 5.02 Å². The fourth-order valence-electron chi connectivity index (χ4n) is 1.70. The molecule has 0 fully saturated rings. The van der Waals surface area contributed by atoms with Gasteiger partial charge in [0.15, 0.2) is 0 Å². The van der Waals surface area contributed by atoms with Crippen LogP contribution in [-0.4, -0.2) is 30.6 Å². The van der Waals surface area contributed by atoms with Crippen molar-refractivity contribution in [2.75, 3.05) is 24.6 Å². The van der Waals surface area contributed by atoms with Gasteiger partial charge in [0.25, 0.3) is 0 Å². The number of nitrogens with zero attached hydrogens (tertiary/aromatic N) is 1. The fourth-order valence-corrected chi connectivity index (χ4v) is 1.87. The van der Waals surface area contributed by atoms with Crippen molar-refractivity contribution in [2.45, 2.75) is 13.3 Å². The van der Waals surface area contributed by atoms with E-state index in [9.17, 15) is 0 Å². The number of anilines is 1. The first-order valence-electron chi connectivity index (χ1n) is 5.60. The number of benzene rings is 1. The Bertz CT molecular complexity index is 395. The summed E-state index contributed by atoms with van der Waals surface area (Å²) in [6.45, 7) is 3.66. The number of hydrogen-bond acceptors (Lipinski definition) is 3. The number of nitrogen functional groups attached to an aromatic ring is 1. The molecule has 0 aliphatic carbocycles. The molecular weight excluding hydrogens is 238 g/mol. The van der Waals surface area contributed by atoms with E-state index in [-0.39, 0.29) is 12.4 Å². The Kier molecular flexibility index (Phi) is 5.25. The topological polar surface area (TPSA) is 73.3 Å². The third-order valence-corrected chi connectivity index (χ3v) is 2.79. The van der Waals surface area contributed by atoms with E-state index in [1.165, 1.54) is 0 Å². The molecule has 0 unspecified atom stereocenters. The van der Waals surface area contributed by atoms with E-state index < -0.39 is 0 Å². The number of aliphatic hydroxyl groups excluding tert-OH is 1. The van der Waals surface area contributed by atoms with Gasteiger partial charge in [0.1, 0.15) is 5.84 Å². The number of nitrogens with two attached hydrogens (primary N) is 1. The van der Waals surface area contributed by atoms with Crippen molar-refractivity contribution in [3.8, 4) is 0 Å². The predicted molar refractivity (Wildman–Crippen MR) is 72.1 cm³/mol. The molecule has 1 aromatic carbocycles. The van der Waals surface area contributed by atoms with Crippen LogP contribution >= 0.6 is 11.6 Å². The summed E-state index contributed by atoms with van der Waals surface area (Å²) in [7, 11) is 0. The second-order valence-electron chi connectivity index (χ2n) is 3.73. The van der Waals surface area contributed by atoms with Gasteiger partial charge in [0.05, 0.1) is 0 Å². The maximum Gasteiger partial charge on any atom is 0.124 e. The summed E-state index contributed by atoms with van der Waals surface area (Å²) in [4.78, 5) is 2.05. The maximum atomic E-state index is 8.87. The maximum absolute atomic E-state index is 8.87. The van der Waals surface area contributed by atoms with Crippen molar-refractivity contribution in [1.82, 2.24) is 0 Å². The summed E-state index contributed by atoms with van der Waals surface area (Å²) in [5.74, 6) is 0.0270. The minimum absolute atomic E-state index is 0.0270. The second kappa shape index (κ2) is 6.47. The van der Waals surface area contributed by atoms with Gasteiger partial charge in [-0.2, -0.15) is 0 Å². The highest BCUT2D eigenvalue weighted by atomic mass is 35.5. The van der Waals surface area contributed by atoms with Gasteiger partial charge in [-0.15, -0.1) is 0 Å². The van der Waals surface area contributed by atoms with Gasteiger partial charge < -0.3 is 15.7 Å². The number of aliphatic hydroxyl groups is 1. The molecule has 0 bridgehead atoms. The fraction of sp³-hybridized carbons (Fsp3) is 0.417. The number of amidine groups is 1. The first-order chi connectivity index (χ1) is 8.10. The first-order valence-corrected chi connectivity index (χ1v) is 5.97. The number of hydrogen-bond donors (Lipinski definition) is 3. The molecule has 4 nitrogen and oxygen atoms in total. The van der Waals surface area contributed by atoms with E-state index in [1.54, 1.807) is 18.2 Å². The Morgan fingerprint density at radius 3 is 2.76 bits per heavy atom. The smallest absolute Gasteiger partial charge is 0.124 e. The molecule has 0 saturated heterocycles. The Hall–Kier alpha value is -1.26. The second-order valence-corrected chi connectivity index (χ2v) is 4.17. The van der Waals surface area contributed by atoms with Crippen LogP contribution in [-0.2, 0) is 0 Å². The van der Waals surface area contributed by atoms with Gasteiger partial charge in [0.2, 0.25) is 0 Å². The molecule has 17 heavy (non-hydrogen) atoms. The molecule has 5 heteroatoms. The highest BCUT2D eigenvalue weighted by Gasteiger charge is 2.12. The van der Waals surface area contributed by atoms with Gasteiger partial charge >= 0.3 is 0 Å². The quantitative estimate of drug-likeness (QED) is 0.536. The molecule has 0 radical (unpaired) electrons. The number of nitrogens with one attached hydrogen (secondary N) is 1. The Morgan fingerprint density at radius 2 is 2.24 bits per heavy atom. The number of rotatable bonds is 6. The van der Waals surface area contributed by atoms with E-state index in [0.29, 0.717) is 23.6 Å². The summed E-state index contributed by atoms with van der Waals surface area (Å²) in [5.41, 5.74) is 7.07. The summed E-state index contributed by atoms with van der Waals surface area (Å²) in [6.07, 6.45) is 0.678. The van der Waals surface area contributed by atoms with E-state index in [2.05, 4.69) is 4.90 Å². The average Bonchev–Trinajstić information content (AvgIpc) is 2.29. The lowest BCUT2D eigenvalue weighted by Gasteiger charge is -2.25. The van der Waals surface area contributed by atoms with Crippen LogP contribution in [0.3, 0.4) is 0 Å². The Labute approximate surface area is 107 Å². The van der Waals surface area contributed by atoms with Gasteiger partial charge in [-0.05, 0) is 31.5 Å². The van der Waals surface area contributed by atoms with E-state index in [0.717, 1.165) is 12.2 Å². The lowest BCUT2D eigenvalue weighted by atomic mass is 10.1. The molecule has 0 aliphatic rings. The largest absolute Gasteiger partial charge is 0.396 e. The van der Waals surface area contributed by atoms with Crippen LogP contribution in [0.4, 0.5) is 5.69 Å². The first kappa shape index (κ1) is 13.8. The average molecular weight is 256 g/mol. The van der Waals surface area contributed by atoms with Crippen LogP contribution in [0.25, 0.3) is 0 Å². The molecule has 94 valence electrons. The summed E-state index contributed by atoms with van der Waals surface area (Å²) in [5, 5.41) is 17.0. The summed E-state index contributed by atoms with van der Waals surface area (Å²) < 4.78 is 0. The van der Waals surface area contributed by atoms with Crippen molar-refractivity contribution in [3.05, 3.63) is 28.8 Å². The van der Waals surface area contributed by atoms with Crippen LogP contribution in [0.15, 0.2) is 18.2 Å². The molecule has 1 rings (SSSR count). The van der Waals surface area contributed by atoms with Gasteiger partial charge in [0, 0.05) is 36.0 Å².